The average molecular weight is 175 g/mol. The van der Waals surface area contributed by atoms with E-state index in [0.29, 0.717) is 12.2 Å². The fraction of sp³-hybridized carbons (Fsp3) is 0.200. The molecule has 13 heavy (non-hydrogen) atoms. The molecular formula is C10H9NO2. The fourth-order valence-electron chi connectivity index (χ4n) is 1.25. The van der Waals surface area contributed by atoms with Gasteiger partial charge in [-0.3, -0.25) is 4.79 Å². The number of Topliss-reactive ketones (excluding diaryl/α,β-unsaturated/α-hetero) is 1. The molecule has 1 heterocycles. The molecule has 0 N–H and O–H groups in total. The third kappa shape index (κ3) is 1.22. The molecule has 66 valence electrons. The van der Waals surface area contributed by atoms with Gasteiger partial charge in [0, 0.05) is 6.42 Å². The number of carbonyl (C=O) groups is 1. The van der Waals surface area contributed by atoms with Gasteiger partial charge in [-0.1, -0.05) is 24.2 Å². The first-order chi connectivity index (χ1) is 6.33. The molecule has 0 fully saturated rings. The zero-order valence-corrected chi connectivity index (χ0v) is 7.28. The van der Waals surface area contributed by atoms with Crippen molar-refractivity contribution < 1.29 is 9.32 Å². The monoisotopic (exact) mass is 175 g/mol. The van der Waals surface area contributed by atoms with Crippen molar-refractivity contribution in [2.75, 3.05) is 0 Å². The van der Waals surface area contributed by atoms with E-state index in [1.165, 1.54) is 0 Å². The molecule has 0 radical (unpaired) electrons. The summed E-state index contributed by atoms with van der Waals surface area (Å²) in [6, 6.07) is 7.40. The van der Waals surface area contributed by atoms with E-state index in [1.807, 2.05) is 24.3 Å². The van der Waals surface area contributed by atoms with E-state index in [-0.39, 0.29) is 5.78 Å². The standard InChI is InChI=1S/C10H9NO2/c1-2-9(12)10-7-5-3-4-6-8(7)11-13-10/h3-6H,2H2,1H3. The van der Waals surface area contributed by atoms with Gasteiger partial charge in [0.25, 0.3) is 0 Å². The number of carbonyl (C=O) groups excluding carboxylic acids is 1. The molecule has 0 spiro atoms. The van der Waals surface area contributed by atoms with Crippen molar-refractivity contribution >= 4 is 16.7 Å². The average Bonchev–Trinajstić information content (AvgIpc) is 2.60. The van der Waals surface area contributed by atoms with Gasteiger partial charge in [-0.25, -0.2) is 0 Å². The molecule has 0 unspecified atom stereocenters. The summed E-state index contributed by atoms with van der Waals surface area (Å²) < 4.78 is 4.97. The Balaban J connectivity index is 2.64. The number of hydrogen-bond donors (Lipinski definition) is 0. The normalized spacial score (nSPS) is 10.5. The molecule has 0 aliphatic carbocycles. The van der Waals surface area contributed by atoms with Crippen molar-refractivity contribution in [2.45, 2.75) is 13.3 Å². The van der Waals surface area contributed by atoms with Crippen LogP contribution in [0.3, 0.4) is 0 Å². The number of benzene rings is 1. The predicted octanol–water partition coefficient (Wildman–Crippen LogP) is 2.42. The topological polar surface area (TPSA) is 43.1 Å². The predicted molar refractivity (Wildman–Crippen MR) is 48.6 cm³/mol. The van der Waals surface area contributed by atoms with Gasteiger partial charge in [0.1, 0.15) is 5.52 Å². The zero-order valence-electron chi connectivity index (χ0n) is 7.28. The Labute approximate surface area is 75.3 Å². The molecule has 0 amide bonds. The summed E-state index contributed by atoms with van der Waals surface area (Å²) in [5.74, 6) is 0.367. The number of rotatable bonds is 2. The number of hydrogen-bond acceptors (Lipinski definition) is 3. The van der Waals surface area contributed by atoms with Crippen LogP contribution in [0.1, 0.15) is 23.9 Å². The third-order valence-corrected chi connectivity index (χ3v) is 1.96. The highest BCUT2D eigenvalue weighted by Gasteiger charge is 2.13. The van der Waals surface area contributed by atoms with Crippen LogP contribution >= 0.6 is 0 Å². The van der Waals surface area contributed by atoms with E-state index in [4.69, 9.17) is 4.52 Å². The minimum atomic E-state index is -0.00583. The van der Waals surface area contributed by atoms with Crippen LogP contribution in [0.15, 0.2) is 28.8 Å². The number of fused-ring (bicyclic) bond motifs is 1. The second-order valence-corrected chi connectivity index (χ2v) is 2.81. The van der Waals surface area contributed by atoms with Gasteiger partial charge < -0.3 is 4.52 Å². The highest BCUT2D eigenvalue weighted by molar-refractivity contribution is 6.04. The van der Waals surface area contributed by atoms with Crippen LogP contribution in [0.5, 0.6) is 0 Å². The maximum absolute atomic E-state index is 11.4. The summed E-state index contributed by atoms with van der Waals surface area (Å²) >= 11 is 0. The summed E-state index contributed by atoms with van der Waals surface area (Å²) in [4.78, 5) is 11.4. The summed E-state index contributed by atoms with van der Waals surface area (Å²) in [7, 11) is 0. The van der Waals surface area contributed by atoms with Crippen molar-refractivity contribution in [1.29, 1.82) is 0 Å². The molecule has 0 saturated carbocycles. The minimum Gasteiger partial charge on any atom is -0.352 e. The lowest BCUT2D eigenvalue weighted by Crippen LogP contribution is -1.93. The highest BCUT2D eigenvalue weighted by atomic mass is 16.5. The Hall–Kier alpha value is -1.64. The van der Waals surface area contributed by atoms with Crippen LogP contribution in [0.4, 0.5) is 0 Å². The smallest absolute Gasteiger partial charge is 0.210 e. The van der Waals surface area contributed by atoms with Gasteiger partial charge in [0.2, 0.25) is 11.5 Å². The molecule has 3 heteroatoms. The van der Waals surface area contributed by atoms with Crippen LogP contribution < -0.4 is 0 Å². The van der Waals surface area contributed by atoms with Crippen molar-refractivity contribution in [2.24, 2.45) is 0 Å². The molecule has 0 atom stereocenters. The molecule has 0 saturated heterocycles. The molecule has 1 aromatic heterocycles. The van der Waals surface area contributed by atoms with Crippen molar-refractivity contribution in [1.82, 2.24) is 5.16 Å². The number of aromatic nitrogens is 1. The van der Waals surface area contributed by atoms with E-state index in [2.05, 4.69) is 5.16 Å². The molecular weight excluding hydrogens is 166 g/mol. The first kappa shape index (κ1) is 7.98. The van der Waals surface area contributed by atoms with E-state index < -0.39 is 0 Å². The Morgan fingerprint density at radius 1 is 1.46 bits per heavy atom. The molecule has 2 aromatic rings. The molecule has 2 rings (SSSR count). The first-order valence-corrected chi connectivity index (χ1v) is 4.20. The van der Waals surface area contributed by atoms with Crippen molar-refractivity contribution in [3.63, 3.8) is 0 Å². The van der Waals surface area contributed by atoms with Gasteiger partial charge in [0.15, 0.2) is 0 Å². The molecule has 3 nitrogen and oxygen atoms in total. The molecule has 0 bridgehead atoms. The lowest BCUT2D eigenvalue weighted by atomic mass is 10.1. The second-order valence-electron chi connectivity index (χ2n) is 2.81. The Kier molecular flexibility index (Phi) is 1.85. The lowest BCUT2D eigenvalue weighted by molar-refractivity contribution is 0.0955. The van der Waals surface area contributed by atoms with Crippen LogP contribution in [0.2, 0.25) is 0 Å². The van der Waals surface area contributed by atoms with Crippen LogP contribution in [0.25, 0.3) is 10.9 Å². The minimum absolute atomic E-state index is 0.00583. The highest BCUT2D eigenvalue weighted by Crippen LogP contribution is 2.18. The Morgan fingerprint density at radius 3 is 3.00 bits per heavy atom. The molecule has 0 aliphatic rings. The maximum Gasteiger partial charge on any atom is 0.210 e. The van der Waals surface area contributed by atoms with Crippen LogP contribution in [-0.2, 0) is 0 Å². The number of ketones is 1. The van der Waals surface area contributed by atoms with Crippen molar-refractivity contribution in [3.05, 3.63) is 30.0 Å². The van der Waals surface area contributed by atoms with Gasteiger partial charge in [-0.05, 0) is 12.1 Å². The Bertz CT molecular complexity index is 445. The SMILES string of the molecule is CCC(=O)c1onc2ccccc12. The Morgan fingerprint density at radius 2 is 2.23 bits per heavy atom. The van der Waals surface area contributed by atoms with Gasteiger partial charge in [0.05, 0.1) is 5.39 Å². The van der Waals surface area contributed by atoms with Gasteiger partial charge in [-0.2, -0.15) is 0 Å². The van der Waals surface area contributed by atoms with Crippen molar-refractivity contribution in [3.8, 4) is 0 Å². The first-order valence-electron chi connectivity index (χ1n) is 4.20. The van der Waals surface area contributed by atoms with Gasteiger partial charge in [-0.15, -0.1) is 0 Å². The van der Waals surface area contributed by atoms with E-state index >= 15 is 0 Å². The summed E-state index contributed by atoms with van der Waals surface area (Å²) in [5.41, 5.74) is 0.735. The lowest BCUT2D eigenvalue weighted by Gasteiger charge is -1.89. The fourth-order valence-corrected chi connectivity index (χ4v) is 1.25. The number of nitrogens with zero attached hydrogens (tertiary/aromatic N) is 1. The third-order valence-electron chi connectivity index (χ3n) is 1.96. The summed E-state index contributed by atoms with van der Waals surface area (Å²) in [6.45, 7) is 1.81. The molecule has 1 aromatic carbocycles. The molecule has 0 aliphatic heterocycles. The summed E-state index contributed by atoms with van der Waals surface area (Å²) in [5, 5.41) is 4.59. The second kappa shape index (κ2) is 3.01. The quantitative estimate of drug-likeness (QED) is 0.658. The van der Waals surface area contributed by atoms with E-state index in [0.717, 1.165) is 10.9 Å². The van der Waals surface area contributed by atoms with Crippen LogP contribution in [-0.4, -0.2) is 10.9 Å². The maximum atomic E-state index is 11.4. The van der Waals surface area contributed by atoms with E-state index in [9.17, 15) is 4.79 Å². The largest absolute Gasteiger partial charge is 0.352 e. The summed E-state index contributed by atoms with van der Waals surface area (Å²) in [6.07, 6.45) is 0.444. The van der Waals surface area contributed by atoms with Crippen LogP contribution in [0, 0.1) is 0 Å². The van der Waals surface area contributed by atoms with E-state index in [1.54, 1.807) is 6.92 Å². The zero-order chi connectivity index (χ0) is 9.26. The van der Waals surface area contributed by atoms with Gasteiger partial charge >= 0.3 is 0 Å².